The Kier molecular flexibility index (Phi) is 7.79. The number of carbonyl (C=O) groups excluding carboxylic acids is 2. The minimum absolute atomic E-state index is 0.144. The molecule has 162 valence electrons. The Morgan fingerprint density at radius 3 is 2.17 bits per heavy atom. The molecule has 1 aromatic rings. The van der Waals surface area contributed by atoms with Gasteiger partial charge in [0.05, 0.1) is 31.1 Å². The quantitative estimate of drug-likeness (QED) is 0.597. The van der Waals surface area contributed by atoms with Gasteiger partial charge in [-0.15, -0.1) is 0 Å². The number of hydrogen-bond acceptors (Lipinski definition) is 4. The Bertz CT molecular complexity index is 836. The number of piperazine rings is 1. The Balaban J connectivity index is 1.92. The van der Waals surface area contributed by atoms with Gasteiger partial charge in [0.25, 0.3) is 5.91 Å². The number of nitrogens with zero attached hydrogens (tertiary/aromatic N) is 1. The summed E-state index contributed by atoms with van der Waals surface area (Å²) >= 11 is 0. The molecule has 1 aromatic carbocycles. The first-order valence-corrected chi connectivity index (χ1v) is 11.4. The van der Waals surface area contributed by atoms with E-state index in [0.29, 0.717) is 43.5 Å². The van der Waals surface area contributed by atoms with Crippen LogP contribution in [0.15, 0.2) is 17.0 Å². The van der Waals surface area contributed by atoms with E-state index in [1.54, 1.807) is 0 Å². The van der Waals surface area contributed by atoms with E-state index < -0.39 is 16.1 Å². The molecular weight excluding hydrogens is 392 g/mol. The highest BCUT2D eigenvalue weighted by molar-refractivity contribution is 7.89. The SMILES string of the molecule is Cc1cc(C)c(S(=O)(=O)N2CC[NH+](CC(=O)NC(=O)NCC(C)C)CC2)c(C)c1. The lowest BCUT2D eigenvalue weighted by Gasteiger charge is -2.31. The van der Waals surface area contributed by atoms with Crippen LogP contribution in [0.2, 0.25) is 0 Å². The lowest BCUT2D eigenvalue weighted by Crippen LogP contribution is -3.15. The first-order valence-electron chi connectivity index (χ1n) is 10.00. The summed E-state index contributed by atoms with van der Waals surface area (Å²) in [4.78, 5) is 25.1. The van der Waals surface area contributed by atoms with E-state index in [-0.39, 0.29) is 12.5 Å². The minimum atomic E-state index is -3.57. The topological polar surface area (TPSA) is 100 Å². The lowest BCUT2D eigenvalue weighted by atomic mass is 10.1. The molecule has 3 amide bonds. The van der Waals surface area contributed by atoms with Crippen LogP contribution >= 0.6 is 0 Å². The van der Waals surface area contributed by atoms with Crippen molar-refractivity contribution in [2.45, 2.75) is 39.5 Å². The van der Waals surface area contributed by atoms with Crippen molar-refractivity contribution in [1.29, 1.82) is 0 Å². The van der Waals surface area contributed by atoms with Gasteiger partial charge >= 0.3 is 6.03 Å². The third kappa shape index (κ3) is 6.25. The van der Waals surface area contributed by atoms with Crippen LogP contribution < -0.4 is 15.5 Å². The Morgan fingerprint density at radius 2 is 1.66 bits per heavy atom. The zero-order valence-corrected chi connectivity index (χ0v) is 18.8. The molecule has 0 unspecified atom stereocenters. The first-order chi connectivity index (χ1) is 13.5. The molecule has 8 nitrogen and oxygen atoms in total. The maximum Gasteiger partial charge on any atom is 0.321 e. The minimum Gasteiger partial charge on any atom is -0.338 e. The monoisotopic (exact) mass is 425 g/mol. The number of urea groups is 1. The standard InChI is InChI=1S/C20H32N4O4S/c1-14(2)12-21-20(26)22-18(25)13-23-6-8-24(9-7-23)29(27,28)19-16(4)10-15(3)11-17(19)5/h10-11,14H,6-9,12-13H2,1-5H3,(H2,21,22,25,26)/p+1. The van der Waals surface area contributed by atoms with E-state index in [2.05, 4.69) is 10.6 Å². The second-order valence-electron chi connectivity index (χ2n) is 8.21. The summed E-state index contributed by atoms with van der Waals surface area (Å²) in [5.74, 6) is -0.0555. The fourth-order valence-electron chi connectivity index (χ4n) is 3.66. The van der Waals surface area contributed by atoms with Crippen LogP contribution in [0.1, 0.15) is 30.5 Å². The van der Waals surface area contributed by atoms with Gasteiger partial charge in [-0.2, -0.15) is 4.31 Å². The van der Waals surface area contributed by atoms with Gasteiger partial charge in [-0.3, -0.25) is 10.1 Å². The smallest absolute Gasteiger partial charge is 0.321 e. The molecule has 1 aliphatic heterocycles. The summed E-state index contributed by atoms with van der Waals surface area (Å²) in [6, 6.07) is 3.28. The second-order valence-corrected chi connectivity index (χ2v) is 10.1. The molecular formula is C20H33N4O4S+. The predicted molar refractivity (Wildman–Crippen MR) is 111 cm³/mol. The summed E-state index contributed by atoms with van der Waals surface area (Å²) < 4.78 is 27.7. The van der Waals surface area contributed by atoms with Crippen molar-refractivity contribution >= 4 is 22.0 Å². The Morgan fingerprint density at radius 1 is 1.10 bits per heavy atom. The van der Waals surface area contributed by atoms with Gasteiger partial charge in [-0.25, -0.2) is 13.2 Å². The normalized spacial score (nSPS) is 16.1. The fraction of sp³-hybridized carbons (Fsp3) is 0.600. The number of aryl methyl sites for hydroxylation is 3. The van der Waals surface area contributed by atoms with Crippen LogP contribution in [-0.4, -0.2) is 63.9 Å². The summed E-state index contributed by atoms with van der Waals surface area (Å²) in [5, 5.41) is 4.97. The highest BCUT2D eigenvalue weighted by atomic mass is 32.2. The number of nitrogens with one attached hydrogen (secondary N) is 3. The van der Waals surface area contributed by atoms with Crippen molar-refractivity contribution in [3.05, 3.63) is 28.8 Å². The Labute approximate surface area is 173 Å². The maximum atomic E-state index is 13.1. The van der Waals surface area contributed by atoms with Gasteiger partial charge in [0.2, 0.25) is 10.0 Å². The van der Waals surface area contributed by atoms with Crippen LogP contribution in [0, 0.1) is 26.7 Å². The summed E-state index contributed by atoms with van der Waals surface area (Å²) in [6.45, 7) is 11.9. The average Bonchev–Trinajstić information content (AvgIpc) is 2.59. The number of benzene rings is 1. The van der Waals surface area contributed by atoms with Crippen LogP contribution in [0.3, 0.4) is 0 Å². The lowest BCUT2D eigenvalue weighted by molar-refractivity contribution is -0.895. The van der Waals surface area contributed by atoms with Crippen LogP contribution in [0.4, 0.5) is 4.79 Å². The van der Waals surface area contributed by atoms with Crippen LogP contribution in [-0.2, 0) is 14.8 Å². The molecule has 1 heterocycles. The molecule has 1 aliphatic rings. The number of amides is 3. The number of quaternary nitrogens is 1. The van der Waals surface area contributed by atoms with E-state index in [9.17, 15) is 18.0 Å². The van der Waals surface area contributed by atoms with Crippen molar-refractivity contribution in [3.63, 3.8) is 0 Å². The molecule has 9 heteroatoms. The second kappa shape index (κ2) is 9.69. The fourth-order valence-corrected chi connectivity index (χ4v) is 5.51. The zero-order valence-electron chi connectivity index (χ0n) is 18.0. The molecule has 2 rings (SSSR count). The van der Waals surface area contributed by atoms with Gasteiger partial charge in [0.1, 0.15) is 0 Å². The van der Waals surface area contributed by atoms with Gasteiger partial charge in [0.15, 0.2) is 6.54 Å². The van der Waals surface area contributed by atoms with Crippen molar-refractivity contribution in [3.8, 4) is 0 Å². The van der Waals surface area contributed by atoms with E-state index >= 15 is 0 Å². The van der Waals surface area contributed by atoms with Crippen molar-refractivity contribution < 1.29 is 22.9 Å². The average molecular weight is 426 g/mol. The van der Waals surface area contributed by atoms with E-state index in [4.69, 9.17) is 0 Å². The molecule has 0 aliphatic carbocycles. The number of hydrogen-bond donors (Lipinski definition) is 3. The molecule has 1 saturated heterocycles. The van der Waals surface area contributed by atoms with E-state index in [0.717, 1.165) is 21.6 Å². The number of sulfonamides is 1. The maximum absolute atomic E-state index is 13.1. The van der Waals surface area contributed by atoms with Gasteiger partial charge in [-0.1, -0.05) is 31.5 Å². The molecule has 0 atom stereocenters. The van der Waals surface area contributed by atoms with Crippen LogP contribution in [0.5, 0.6) is 0 Å². The first kappa shape index (κ1) is 23.3. The third-order valence-corrected chi connectivity index (χ3v) is 7.17. The van der Waals surface area contributed by atoms with Crippen molar-refractivity contribution in [2.24, 2.45) is 5.92 Å². The molecule has 0 radical (unpaired) electrons. The van der Waals surface area contributed by atoms with Gasteiger partial charge in [-0.05, 0) is 37.8 Å². The van der Waals surface area contributed by atoms with Crippen LogP contribution in [0.25, 0.3) is 0 Å². The number of rotatable bonds is 6. The molecule has 0 spiro atoms. The van der Waals surface area contributed by atoms with Gasteiger partial charge in [0, 0.05) is 6.54 Å². The van der Waals surface area contributed by atoms with E-state index in [1.807, 2.05) is 46.8 Å². The highest BCUT2D eigenvalue weighted by Crippen LogP contribution is 2.25. The number of imide groups is 1. The van der Waals surface area contributed by atoms with Gasteiger partial charge < -0.3 is 10.2 Å². The molecule has 1 fully saturated rings. The Hall–Kier alpha value is -1.97. The molecule has 3 N–H and O–H groups in total. The largest absolute Gasteiger partial charge is 0.338 e. The summed E-state index contributed by atoms with van der Waals surface area (Å²) in [5.41, 5.74) is 2.55. The van der Waals surface area contributed by atoms with Crippen molar-refractivity contribution in [2.75, 3.05) is 39.3 Å². The highest BCUT2D eigenvalue weighted by Gasteiger charge is 2.33. The summed E-state index contributed by atoms with van der Waals surface area (Å²) in [6.07, 6.45) is 0. The summed E-state index contributed by atoms with van der Waals surface area (Å²) in [7, 11) is -3.57. The molecule has 0 aromatic heterocycles. The number of carbonyl (C=O) groups is 2. The third-order valence-electron chi connectivity index (χ3n) is 4.97. The predicted octanol–water partition coefficient (Wildman–Crippen LogP) is -0.0171. The molecule has 0 saturated carbocycles. The molecule has 0 bridgehead atoms. The van der Waals surface area contributed by atoms with Crippen molar-refractivity contribution in [1.82, 2.24) is 14.9 Å². The molecule has 29 heavy (non-hydrogen) atoms. The zero-order chi connectivity index (χ0) is 21.8. The van der Waals surface area contributed by atoms with E-state index in [1.165, 1.54) is 4.31 Å².